The van der Waals surface area contributed by atoms with Crippen molar-refractivity contribution in [2.24, 2.45) is 39.9 Å². The highest BCUT2D eigenvalue weighted by Gasteiger charge is 2.63. The minimum Gasteiger partial charge on any atom is -0.298 e. The molecule has 0 spiro atoms. The van der Waals surface area contributed by atoms with Gasteiger partial charge in [0.25, 0.3) is 0 Å². The van der Waals surface area contributed by atoms with Crippen molar-refractivity contribution in [2.45, 2.75) is 83.9 Å². The molecule has 0 unspecified atom stereocenters. The zero-order valence-electron chi connectivity index (χ0n) is 15.3. The zero-order valence-corrected chi connectivity index (χ0v) is 16.9. The molecule has 0 bridgehead atoms. The average Bonchev–Trinajstić information content (AvgIpc) is 2.86. The first kappa shape index (κ1) is 16.6. The van der Waals surface area contributed by atoms with Crippen LogP contribution in [0.4, 0.5) is 0 Å². The van der Waals surface area contributed by atoms with E-state index < -0.39 is 0 Å². The summed E-state index contributed by atoms with van der Waals surface area (Å²) in [6.45, 7) is 9.74. The summed E-state index contributed by atoms with van der Waals surface area (Å²) >= 11 is 3.75. The molecule has 23 heavy (non-hydrogen) atoms. The lowest BCUT2D eigenvalue weighted by Crippen LogP contribution is -2.60. The number of Topliss-reactive ketones (excluding diaryl/α,β-unsaturated/α-hetero) is 1. The quantitative estimate of drug-likeness (QED) is 0.471. The Morgan fingerprint density at radius 1 is 0.957 bits per heavy atom. The van der Waals surface area contributed by atoms with Crippen LogP contribution in [-0.4, -0.2) is 10.6 Å². The second kappa shape index (κ2) is 5.08. The molecular weight excluding hydrogens is 348 g/mol. The standard InChI is InChI=1S/C21H33BrO/c1-19(2)17-8-7-13-14-6-5-10-20(14,3)11-9-15(13)21(17,4)12-16(23)18(19)22/h13-15,17-18H,5-12H2,1-4H3/t13-,14+,15-,17-,18+,20+,21+/m0/s1. The second-order valence-electron chi connectivity index (χ2n) is 10.4. The first-order chi connectivity index (χ1) is 10.7. The molecule has 0 amide bonds. The zero-order chi connectivity index (χ0) is 16.6. The SMILES string of the molecule is CC1(C)[C@H](Br)C(=O)C[C@]2(C)[C@H]3CC[C@@]4(C)CCC[C@@H]4[C@@H]3CC[C@@H]12. The normalized spacial score (nSPS) is 55.0. The summed E-state index contributed by atoms with van der Waals surface area (Å²) in [5, 5.41) is 0. The fraction of sp³-hybridized carbons (Fsp3) is 0.952. The highest BCUT2D eigenvalue weighted by Crippen LogP contribution is 2.68. The molecular formula is C21H33BrO. The average molecular weight is 381 g/mol. The van der Waals surface area contributed by atoms with Gasteiger partial charge in [0.05, 0.1) is 4.83 Å². The smallest absolute Gasteiger partial charge is 0.147 e. The summed E-state index contributed by atoms with van der Waals surface area (Å²) in [5.74, 6) is 3.80. The Morgan fingerprint density at radius 3 is 2.43 bits per heavy atom. The van der Waals surface area contributed by atoms with Gasteiger partial charge < -0.3 is 0 Å². The largest absolute Gasteiger partial charge is 0.298 e. The summed E-state index contributed by atoms with van der Waals surface area (Å²) in [7, 11) is 0. The molecule has 4 aliphatic rings. The first-order valence-corrected chi connectivity index (χ1v) is 10.8. The number of carbonyl (C=O) groups excluding carboxylic acids is 1. The van der Waals surface area contributed by atoms with Gasteiger partial charge in [-0.15, -0.1) is 0 Å². The third-order valence-electron chi connectivity index (χ3n) is 9.04. The van der Waals surface area contributed by atoms with Crippen LogP contribution in [-0.2, 0) is 4.79 Å². The van der Waals surface area contributed by atoms with Gasteiger partial charge in [-0.05, 0) is 78.4 Å². The Bertz CT molecular complexity index is 526. The minimum absolute atomic E-state index is 0.0601. The number of fused-ring (bicyclic) bond motifs is 5. The van der Waals surface area contributed by atoms with Crippen molar-refractivity contribution in [3.05, 3.63) is 0 Å². The third-order valence-corrected chi connectivity index (χ3v) is 10.7. The minimum atomic E-state index is 0.0601. The molecule has 0 aliphatic heterocycles. The topological polar surface area (TPSA) is 17.1 Å². The van der Waals surface area contributed by atoms with Gasteiger partial charge in [-0.25, -0.2) is 0 Å². The summed E-state index contributed by atoms with van der Waals surface area (Å²) in [6, 6.07) is 0. The van der Waals surface area contributed by atoms with Crippen LogP contribution in [0, 0.1) is 39.9 Å². The van der Waals surface area contributed by atoms with Gasteiger partial charge in [0.2, 0.25) is 0 Å². The predicted molar refractivity (Wildman–Crippen MR) is 98.6 cm³/mol. The van der Waals surface area contributed by atoms with E-state index in [0.29, 0.717) is 17.1 Å². The molecule has 0 saturated heterocycles. The number of ketones is 1. The van der Waals surface area contributed by atoms with Crippen LogP contribution in [0.5, 0.6) is 0 Å². The van der Waals surface area contributed by atoms with Crippen molar-refractivity contribution in [2.75, 3.05) is 0 Å². The lowest BCUT2D eigenvalue weighted by molar-refractivity contribution is -0.156. The van der Waals surface area contributed by atoms with Gasteiger partial charge in [-0.2, -0.15) is 0 Å². The molecule has 7 atom stereocenters. The molecule has 4 saturated carbocycles. The van der Waals surface area contributed by atoms with Gasteiger partial charge >= 0.3 is 0 Å². The number of carbonyl (C=O) groups is 1. The summed E-state index contributed by atoms with van der Waals surface area (Å²) in [5.41, 5.74) is 0.972. The van der Waals surface area contributed by atoms with E-state index in [1.165, 1.54) is 44.9 Å². The van der Waals surface area contributed by atoms with Gasteiger partial charge in [-0.3, -0.25) is 4.79 Å². The maximum atomic E-state index is 12.8. The number of rotatable bonds is 0. The van der Waals surface area contributed by atoms with E-state index in [2.05, 4.69) is 43.6 Å². The van der Waals surface area contributed by atoms with Crippen LogP contribution in [0.3, 0.4) is 0 Å². The van der Waals surface area contributed by atoms with Crippen molar-refractivity contribution in [3.8, 4) is 0 Å². The molecule has 0 aromatic rings. The molecule has 0 aromatic carbocycles. The second-order valence-corrected chi connectivity index (χ2v) is 11.3. The summed E-state index contributed by atoms with van der Waals surface area (Å²) < 4.78 is 0. The molecule has 0 radical (unpaired) electrons. The van der Waals surface area contributed by atoms with Crippen LogP contribution in [0.2, 0.25) is 0 Å². The maximum Gasteiger partial charge on any atom is 0.147 e. The van der Waals surface area contributed by atoms with Gasteiger partial charge in [-0.1, -0.05) is 50.0 Å². The molecule has 4 rings (SSSR count). The molecule has 2 heteroatoms. The number of halogens is 1. The number of alkyl halides is 1. The van der Waals surface area contributed by atoms with E-state index in [4.69, 9.17) is 0 Å². The highest BCUT2D eigenvalue weighted by atomic mass is 79.9. The first-order valence-electron chi connectivity index (χ1n) is 9.87. The van der Waals surface area contributed by atoms with Crippen molar-refractivity contribution in [3.63, 3.8) is 0 Å². The van der Waals surface area contributed by atoms with Crippen LogP contribution < -0.4 is 0 Å². The van der Waals surface area contributed by atoms with Gasteiger partial charge in [0.1, 0.15) is 5.78 Å². The van der Waals surface area contributed by atoms with E-state index >= 15 is 0 Å². The molecule has 0 heterocycles. The predicted octanol–water partition coefficient (Wildman–Crippen LogP) is 6.00. The van der Waals surface area contributed by atoms with Crippen LogP contribution >= 0.6 is 15.9 Å². The fourth-order valence-corrected chi connectivity index (χ4v) is 8.46. The van der Waals surface area contributed by atoms with Crippen molar-refractivity contribution in [1.82, 2.24) is 0 Å². The fourth-order valence-electron chi connectivity index (χ4n) is 7.98. The Hall–Kier alpha value is 0.150. The third kappa shape index (κ3) is 2.12. The van der Waals surface area contributed by atoms with Crippen molar-refractivity contribution >= 4 is 21.7 Å². The Morgan fingerprint density at radius 2 is 1.70 bits per heavy atom. The van der Waals surface area contributed by atoms with Crippen LogP contribution in [0.25, 0.3) is 0 Å². The summed E-state index contributed by atoms with van der Waals surface area (Å²) in [6.07, 6.45) is 10.7. The maximum absolute atomic E-state index is 12.8. The van der Waals surface area contributed by atoms with E-state index in [0.717, 1.165) is 24.2 Å². The number of hydrogen-bond acceptors (Lipinski definition) is 1. The van der Waals surface area contributed by atoms with E-state index in [-0.39, 0.29) is 15.7 Å². The van der Waals surface area contributed by atoms with E-state index in [1.807, 2.05) is 0 Å². The van der Waals surface area contributed by atoms with Crippen LogP contribution in [0.1, 0.15) is 79.1 Å². The lowest BCUT2D eigenvalue weighted by Gasteiger charge is -2.63. The van der Waals surface area contributed by atoms with E-state index in [9.17, 15) is 4.79 Å². The molecule has 1 nitrogen and oxygen atoms in total. The molecule has 4 aliphatic carbocycles. The lowest BCUT2D eigenvalue weighted by atomic mass is 9.41. The molecule has 0 N–H and O–H groups in total. The van der Waals surface area contributed by atoms with Crippen molar-refractivity contribution in [1.29, 1.82) is 0 Å². The molecule has 4 fully saturated rings. The Labute approximate surface area is 150 Å². The Balaban J connectivity index is 1.70. The molecule has 130 valence electrons. The molecule has 0 aromatic heterocycles. The van der Waals surface area contributed by atoms with Crippen LogP contribution in [0.15, 0.2) is 0 Å². The highest BCUT2D eigenvalue weighted by molar-refractivity contribution is 9.10. The summed E-state index contributed by atoms with van der Waals surface area (Å²) in [4.78, 5) is 12.8. The van der Waals surface area contributed by atoms with Gasteiger partial charge in [0.15, 0.2) is 0 Å². The monoisotopic (exact) mass is 380 g/mol. The number of hydrogen-bond donors (Lipinski definition) is 0. The van der Waals surface area contributed by atoms with Crippen molar-refractivity contribution < 1.29 is 4.79 Å². The van der Waals surface area contributed by atoms with Gasteiger partial charge in [0, 0.05) is 6.42 Å². The van der Waals surface area contributed by atoms with E-state index in [1.54, 1.807) is 0 Å². The Kier molecular flexibility index (Phi) is 3.67.